The largest absolute Gasteiger partial charge is 0.496 e. The van der Waals surface area contributed by atoms with Crippen molar-refractivity contribution in [3.63, 3.8) is 0 Å². The molecule has 0 bridgehead atoms. The Balaban J connectivity index is 1.40. The number of hydrogen-bond donors (Lipinski definition) is 1. The Labute approximate surface area is 159 Å². The van der Waals surface area contributed by atoms with Gasteiger partial charge in [0.05, 0.1) is 13.2 Å². The average molecular weight is 366 g/mol. The quantitative estimate of drug-likeness (QED) is 0.655. The molecule has 2 fully saturated rings. The fraction of sp³-hybridized carbons (Fsp3) is 0.450. The molecular weight excluding hydrogens is 340 g/mol. The number of methoxy groups -OCH3 is 1. The van der Waals surface area contributed by atoms with E-state index in [1.165, 1.54) is 5.56 Å². The summed E-state index contributed by atoms with van der Waals surface area (Å²) in [6, 6.07) is 10.2. The number of rotatable bonds is 4. The molecule has 7 heteroatoms. The highest BCUT2D eigenvalue weighted by molar-refractivity contribution is 5.79. The van der Waals surface area contributed by atoms with Crippen molar-refractivity contribution in [2.24, 2.45) is 10.7 Å². The topological polar surface area (TPSA) is 79.9 Å². The maximum atomic E-state index is 6.34. The summed E-state index contributed by atoms with van der Waals surface area (Å²) in [4.78, 5) is 17.8. The third kappa shape index (κ3) is 3.41. The molecule has 2 N–H and O–H groups in total. The minimum Gasteiger partial charge on any atom is -0.496 e. The van der Waals surface area contributed by atoms with Crippen LogP contribution in [0.4, 0.5) is 5.95 Å². The molecule has 7 nitrogen and oxygen atoms in total. The Bertz CT molecular complexity index is 818. The summed E-state index contributed by atoms with van der Waals surface area (Å²) in [5, 5.41) is 0. The van der Waals surface area contributed by atoms with E-state index in [-0.39, 0.29) is 11.5 Å². The van der Waals surface area contributed by atoms with Crippen molar-refractivity contribution in [3.8, 4) is 5.75 Å². The van der Waals surface area contributed by atoms with Crippen molar-refractivity contribution in [1.29, 1.82) is 0 Å². The van der Waals surface area contributed by atoms with E-state index in [1.807, 2.05) is 18.2 Å². The van der Waals surface area contributed by atoms with Crippen molar-refractivity contribution in [2.75, 3.05) is 38.2 Å². The summed E-state index contributed by atoms with van der Waals surface area (Å²) in [7, 11) is 1.72. The smallest absolute Gasteiger partial charge is 0.225 e. The van der Waals surface area contributed by atoms with Crippen molar-refractivity contribution in [2.45, 2.75) is 24.8 Å². The molecule has 2 atom stereocenters. The Hall–Kier alpha value is -2.83. The highest BCUT2D eigenvalue weighted by Gasteiger charge is 2.53. The Morgan fingerprint density at radius 2 is 1.85 bits per heavy atom. The molecule has 2 aliphatic rings. The lowest BCUT2D eigenvalue weighted by Crippen LogP contribution is -2.51. The Kier molecular flexibility index (Phi) is 4.59. The molecule has 4 rings (SSSR count). The van der Waals surface area contributed by atoms with E-state index < -0.39 is 0 Å². The SMILES string of the molecule is COc1ccccc1C1(C)CC1N=C(N)N1CCN(c2ncccn2)CC1. The summed E-state index contributed by atoms with van der Waals surface area (Å²) >= 11 is 0. The second-order valence-electron chi connectivity index (χ2n) is 7.35. The van der Waals surface area contributed by atoms with Crippen LogP contribution in [0.25, 0.3) is 0 Å². The van der Waals surface area contributed by atoms with Gasteiger partial charge in [-0.05, 0) is 18.6 Å². The van der Waals surface area contributed by atoms with Gasteiger partial charge < -0.3 is 20.3 Å². The first-order valence-electron chi connectivity index (χ1n) is 9.35. The predicted octanol–water partition coefficient (Wildman–Crippen LogP) is 1.65. The molecule has 2 heterocycles. The standard InChI is InChI=1S/C20H26N6O/c1-20(15-6-3-4-7-16(15)27-2)14-17(20)24-18(21)25-10-12-26(13-11-25)19-22-8-5-9-23-19/h3-9,17H,10-14H2,1-2H3,(H2,21,24). The molecule has 1 aliphatic heterocycles. The maximum absolute atomic E-state index is 6.34. The first-order valence-corrected chi connectivity index (χ1v) is 9.35. The lowest BCUT2D eigenvalue weighted by atomic mass is 9.96. The molecule has 1 aliphatic carbocycles. The second kappa shape index (κ2) is 7.06. The van der Waals surface area contributed by atoms with Crippen LogP contribution < -0.4 is 15.4 Å². The van der Waals surface area contributed by atoms with Crippen LogP contribution in [0.1, 0.15) is 18.9 Å². The molecule has 1 aromatic heterocycles. The molecule has 27 heavy (non-hydrogen) atoms. The second-order valence-corrected chi connectivity index (χ2v) is 7.35. The summed E-state index contributed by atoms with van der Waals surface area (Å²) in [6.45, 7) is 5.57. The van der Waals surface area contributed by atoms with E-state index in [0.29, 0.717) is 5.96 Å². The van der Waals surface area contributed by atoms with Gasteiger partial charge in [-0.2, -0.15) is 0 Å². The average Bonchev–Trinajstić information content (AvgIpc) is 3.39. The molecule has 2 aromatic rings. The monoisotopic (exact) mass is 366 g/mol. The minimum absolute atomic E-state index is 0.00305. The van der Waals surface area contributed by atoms with Crippen molar-refractivity contribution < 1.29 is 4.74 Å². The van der Waals surface area contributed by atoms with Crippen LogP contribution in [0.15, 0.2) is 47.7 Å². The van der Waals surface area contributed by atoms with Gasteiger partial charge in [-0.3, -0.25) is 0 Å². The fourth-order valence-electron chi connectivity index (χ4n) is 3.77. The lowest BCUT2D eigenvalue weighted by molar-refractivity contribution is 0.377. The molecule has 0 radical (unpaired) electrons. The molecule has 0 amide bonds. The predicted molar refractivity (Wildman–Crippen MR) is 106 cm³/mol. The van der Waals surface area contributed by atoms with Gasteiger partial charge in [0.1, 0.15) is 5.75 Å². The van der Waals surface area contributed by atoms with Gasteiger partial charge in [0.15, 0.2) is 5.96 Å². The van der Waals surface area contributed by atoms with Gasteiger partial charge >= 0.3 is 0 Å². The van der Waals surface area contributed by atoms with Crippen LogP contribution in [0.3, 0.4) is 0 Å². The van der Waals surface area contributed by atoms with E-state index in [2.05, 4.69) is 38.8 Å². The van der Waals surface area contributed by atoms with Gasteiger partial charge in [0.25, 0.3) is 0 Å². The maximum Gasteiger partial charge on any atom is 0.225 e. The zero-order chi connectivity index (χ0) is 18.9. The zero-order valence-electron chi connectivity index (χ0n) is 15.9. The van der Waals surface area contributed by atoms with Crippen LogP contribution in [-0.2, 0) is 5.41 Å². The Morgan fingerprint density at radius 3 is 2.56 bits per heavy atom. The molecule has 1 aromatic carbocycles. The van der Waals surface area contributed by atoms with Crippen LogP contribution in [0.5, 0.6) is 5.75 Å². The van der Waals surface area contributed by atoms with Gasteiger partial charge in [-0.1, -0.05) is 25.1 Å². The number of hydrogen-bond acceptors (Lipinski definition) is 5. The number of benzene rings is 1. The number of aromatic nitrogens is 2. The fourth-order valence-corrected chi connectivity index (χ4v) is 3.77. The minimum atomic E-state index is -0.00305. The summed E-state index contributed by atoms with van der Waals surface area (Å²) < 4.78 is 5.53. The number of guanidine groups is 1. The molecule has 1 saturated heterocycles. The molecule has 1 saturated carbocycles. The van der Waals surface area contributed by atoms with Crippen molar-refractivity contribution >= 4 is 11.9 Å². The summed E-state index contributed by atoms with van der Waals surface area (Å²) in [5.41, 5.74) is 7.54. The number of nitrogens with two attached hydrogens (primary N) is 1. The summed E-state index contributed by atoms with van der Waals surface area (Å²) in [5.74, 6) is 2.33. The normalized spacial score (nSPS) is 25.4. The van der Waals surface area contributed by atoms with E-state index in [0.717, 1.165) is 44.3 Å². The molecule has 2 unspecified atom stereocenters. The first kappa shape index (κ1) is 17.6. The zero-order valence-corrected chi connectivity index (χ0v) is 15.9. The van der Waals surface area contributed by atoms with E-state index >= 15 is 0 Å². The number of piperazine rings is 1. The number of anilines is 1. The van der Waals surface area contributed by atoms with Crippen LogP contribution in [0.2, 0.25) is 0 Å². The van der Waals surface area contributed by atoms with Crippen LogP contribution in [0, 0.1) is 0 Å². The van der Waals surface area contributed by atoms with E-state index in [9.17, 15) is 0 Å². The van der Waals surface area contributed by atoms with Crippen molar-refractivity contribution in [1.82, 2.24) is 14.9 Å². The third-order valence-corrected chi connectivity index (χ3v) is 5.64. The van der Waals surface area contributed by atoms with Crippen molar-refractivity contribution in [3.05, 3.63) is 48.3 Å². The van der Waals surface area contributed by atoms with Gasteiger partial charge in [-0.15, -0.1) is 0 Å². The highest BCUT2D eigenvalue weighted by Crippen LogP contribution is 2.53. The van der Waals surface area contributed by atoms with Gasteiger partial charge in [-0.25, -0.2) is 15.0 Å². The third-order valence-electron chi connectivity index (χ3n) is 5.64. The number of aliphatic imine (C=N–C) groups is 1. The van der Waals surface area contributed by atoms with Gasteiger partial charge in [0, 0.05) is 49.6 Å². The highest BCUT2D eigenvalue weighted by atomic mass is 16.5. The van der Waals surface area contributed by atoms with Gasteiger partial charge in [0.2, 0.25) is 5.95 Å². The molecule has 142 valence electrons. The summed E-state index contributed by atoms with van der Waals surface area (Å²) in [6.07, 6.45) is 4.54. The van der Waals surface area contributed by atoms with E-state index in [1.54, 1.807) is 19.5 Å². The number of nitrogens with zero attached hydrogens (tertiary/aromatic N) is 5. The molecular formula is C20H26N6O. The first-order chi connectivity index (χ1) is 13.1. The number of ether oxygens (including phenoxy) is 1. The lowest BCUT2D eigenvalue weighted by Gasteiger charge is -2.35. The molecule has 0 spiro atoms. The van der Waals surface area contributed by atoms with Crippen LogP contribution >= 0.6 is 0 Å². The van der Waals surface area contributed by atoms with Crippen LogP contribution in [-0.4, -0.2) is 60.2 Å². The Morgan fingerprint density at radius 1 is 1.15 bits per heavy atom. The van der Waals surface area contributed by atoms with E-state index in [4.69, 9.17) is 15.5 Å². The number of para-hydroxylation sites is 1.